The number of amides is 1. The Kier molecular flexibility index (Phi) is 4.30. The number of rotatable bonds is 2. The molecule has 4 heteroatoms. The van der Waals surface area contributed by atoms with E-state index in [-0.39, 0.29) is 11.9 Å². The summed E-state index contributed by atoms with van der Waals surface area (Å²) in [6, 6.07) is 12.3. The van der Waals surface area contributed by atoms with Gasteiger partial charge in [0.25, 0.3) is 0 Å². The number of carbonyl (C=O) groups excluding carboxylic acids is 1. The molecule has 1 amide bonds. The molecule has 2 N–H and O–H groups in total. The standard InChI is InChI=1S/C20H27N3O/c1-14(24)21-20-12-11-18(13-19(20)15-5-3-2-4-6-15)23-17-9-7-16(22-23)8-10-17/h2-6,16-17,19-20,22H,7-13H2,1H3/p+1/b23-18-/t16?,17?,19-,20+/m1/s1. The Morgan fingerprint density at radius 3 is 2.50 bits per heavy atom. The molecule has 1 aromatic rings. The fourth-order valence-electron chi connectivity index (χ4n) is 4.84. The molecule has 0 radical (unpaired) electrons. The van der Waals surface area contributed by atoms with Gasteiger partial charge in [-0.15, -0.1) is 4.68 Å². The summed E-state index contributed by atoms with van der Waals surface area (Å²) in [5.74, 6) is 0.459. The highest BCUT2D eigenvalue weighted by Crippen LogP contribution is 2.34. The van der Waals surface area contributed by atoms with E-state index in [0.717, 1.165) is 19.3 Å². The molecule has 2 saturated heterocycles. The Bertz CT molecular complexity index is 632. The van der Waals surface area contributed by atoms with Crippen molar-refractivity contribution in [3.8, 4) is 0 Å². The smallest absolute Gasteiger partial charge is 0.217 e. The van der Waals surface area contributed by atoms with Crippen LogP contribution in [0, 0.1) is 0 Å². The predicted molar refractivity (Wildman–Crippen MR) is 95.1 cm³/mol. The molecule has 2 heterocycles. The quantitative estimate of drug-likeness (QED) is 0.821. The summed E-state index contributed by atoms with van der Waals surface area (Å²) >= 11 is 0. The van der Waals surface area contributed by atoms with E-state index in [9.17, 15) is 4.79 Å². The second-order valence-electron chi connectivity index (χ2n) is 7.64. The average Bonchev–Trinajstić information content (AvgIpc) is 2.63. The van der Waals surface area contributed by atoms with Crippen LogP contribution >= 0.6 is 0 Å². The van der Waals surface area contributed by atoms with Gasteiger partial charge in [0.15, 0.2) is 11.8 Å². The summed E-state index contributed by atoms with van der Waals surface area (Å²) in [6.45, 7) is 1.63. The fourth-order valence-corrected chi connectivity index (χ4v) is 4.84. The van der Waals surface area contributed by atoms with Crippen LogP contribution in [-0.2, 0) is 4.79 Å². The van der Waals surface area contributed by atoms with Gasteiger partial charge in [-0.2, -0.15) is 5.43 Å². The predicted octanol–water partition coefficient (Wildman–Crippen LogP) is 2.74. The molecule has 128 valence electrons. The maximum atomic E-state index is 11.6. The molecule has 5 rings (SSSR count). The zero-order valence-electron chi connectivity index (χ0n) is 14.5. The molecule has 0 aromatic heterocycles. The molecule has 2 atom stereocenters. The molecule has 4 nitrogen and oxygen atoms in total. The number of hydrogen-bond acceptors (Lipinski definition) is 2. The first kappa shape index (κ1) is 15.7. The summed E-state index contributed by atoms with van der Waals surface area (Å²) in [4.78, 5) is 11.6. The van der Waals surface area contributed by atoms with Crippen LogP contribution in [0.3, 0.4) is 0 Å². The first-order valence-electron chi connectivity index (χ1n) is 9.43. The van der Waals surface area contributed by atoms with Crippen LogP contribution in [0.4, 0.5) is 0 Å². The van der Waals surface area contributed by atoms with Crippen molar-refractivity contribution in [1.82, 2.24) is 10.7 Å². The Labute approximate surface area is 144 Å². The monoisotopic (exact) mass is 326 g/mol. The van der Waals surface area contributed by atoms with Gasteiger partial charge in [0, 0.05) is 44.6 Å². The van der Waals surface area contributed by atoms with Crippen LogP contribution in [0.2, 0.25) is 0 Å². The van der Waals surface area contributed by atoms with Gasteiger partial charge >= 0.3 is 0 Å². The molecule has 0 unspecified atom stereocenters. The number of hydrogen-bond donors (Lipinski definition) is 2. The van der Waals surface area contributed by atoms with Gasteiger partial charge in [0.2, 0.25) is 5.91 Å². The van der Waals surface area contributed by atoms with E-state index in [1.807, 2.05) is 0 Å². The van der Waals surface area contributed by atoms with E-state index in [1.54, 1.807) is 12.6 Å². The Balaban J connectivity index is 1.61. The van der Waals surface area contributed by atoms with Crippen LogP contribution in [0.1, 0.15) is 63.4 Å². The highest BCUT2D eigenvalue weighted by molar-refractivity contribution is 5.82. The third-order valence-corrected chi connectivity index (χ3v) is 6.03. The summed E-state index contributed by atoms with van der Waals surface area (Å²) in [6.07, 6.45) is 8.47. The topological polar surface area (TPSA) is 44.1 Å². The van der Waals surface area contributed by atoms with Crippen LogP contribution in [0.25, 0.3) is 0 Å². The molecule has 2 aliphatic carbocycles. The van der Waals surface area contributed by atoms with Crippen molar-refractivity contribution in [2.24, 2.45) is 0 Å². The fraction of sp³-hybridized carbons (Fsp3) is 0.600. The van der Waals surface area contributed by atoms with Gasteiger partial charge in [-0.3, -0.25) is 4.79 Å². The van der Waals surface area contributed by atoms with E-state index >= 15 is 0 Å². The number of nitrogens with zero attached hydrogens (tertiary/aromatic N) is 1. The van der Waals surface area contributed by atoms with E-state index in [0.29, 0.717) is 18.0 Å². The molecule has 2 aliphatic heterocycles. The lowest BCUT2D eigenvalue weighted by Gasteiger charge is -2.38. The van der Waals surface area contributed by atoms with Gasteiger partial charge in [-0.1, -0.05) is 30.3 Å². The first-order valence-corrected chi connectivity index (χ1v) is 9.43. The van der Waals surface area contributed by atoms with E-state index in [2.05, 4.69) is 45.8 Å². The van der Waals surface area contributed by atoms with Crippen molar-refractivity contribution in [2.45, 2.75) is 75.9 Å². The van der Waals surface area contributed by atoms with Crippen LogP contribution < -0.4 is 10.7 Å². The van der Waals surface area contributed by atoms with Gasteiger partial charge in [-0.25, -0.2) is 0 Å². The van der Waals surface area contributed by atoms with E-state index in [1.165, 1.54) is 31.2 Å². The van der Waals surface area contributed by atoms with Gasteiger partial charge in [-0.05, 0) is 24.8 Å². The number of nitrogens with one attached hydrogen (secondary N) is 2. The summed E-state index contributed by atoms with van der Waals surface area (Å²) < 4.78 is 2.51. The molecule has 4 aliphatic rings. The average molecular weight is 326 g/mol. The van der Waals surface area contributed by atoms with Crippen molar-refractivity contribution >= 4 is 11.6 Å². The lowest BCUT2D eigenvalue weighted by Crippen LogP contribution is -2.57. The lowest BCUT2D eigenvalue weighted by molar-refractivity contribution is -0.651. The van der Waals surface area contributed by atoms with Crippen molar-refractivity contribution in [2.75, 3.05) is 0 Å². The summed E-state index contributed by atoms with van der Waals surface area (Å²) in [7, 11) is 0. The third kappa shape index (κ3) is 3.06. The van der Waals surface area contributed by atoms with Crippen molar-refractivity contribution in [3.63, 3.8) is 0 Å². The van der Waals surface area contributed by atoms with Gasteiger partial charge < -0.3 is 5.32 Å². The minimum atomic E-state index is 0.0829. The molecule has 2 saturated carbocycles. The molecular weight excluding hydrogens is 298 g/mol. The summed E-state index contributed by atoms with van der Waals surface area (Å²) in [5.41, 5.74) is 6.64. The molecule has 4 fully saturated rings. The van der Waals surface area contributed by atoms with E-state index in [4.69, 9.17) is 0 Å². The Morgan fingerprint density at radius 2 is 1.88 bits per heavy atom. The molecule has 0 spiro atoms. The molecule has 1 aromatic carbocycles. The Hall–Kier alpha value is -1.84. The highest BCUT2D eigenvalue weighted by Gasteiger charge is 2.42. The van der Waals surface area contributed by atoms with Crippen LogP contribution in [-0.4, -0.2) is 34.4 Å². The number of benzene rings is 1. The van der Waals surface area contributed by atoms with Crippen LogP contribution in [0.15, 0.2) is 30.3 Å². The number of hydrazine groups is 1. The van der Waals surface area contributed by atoms with Crippen molar-refractivity contribution in [3.05, 3.63) is 35.9 Å². The number of fused-ring (bicyclic) bond motifs is 3. The zero-order valence-corrected chi connectivity index (χ0v) is 14.5. The molecule has 24 heavy (non-hydrogen) atoms. The lowest BCUT2D eigenvalue weighted by atomic mass is 9.78. The van der Waals surface area contributed by atoms with Gasteiger partial charge in [0.05, 0.1) is 6.04 Å². The minimum Gasteiger partial charge on any atom is -0.353 e. The minimum absolute atomic E-state index is 0.0829. The Morgan fingerprint density at radius 1 is 1.12 bits per heavy atom. The van der Waals surface area contributed by atoms with Gasteiger partial charge in [0.1, 0.15) is 0 Å². The van der Waals surface area contributed by atoms with Crippen molar-refractivity contribution < 1.29 is 9.48 Å². The SMILES string of the molecule is CC(=O)N[C@H]1CC/C(=[N+]2/NC3CCC2CC3)C[C@@H]1c1ccccc1. The van der Waals surface area contributed by atoms with Crippen LogP contribution in [0.5, 0.6) is 0 Å². The number of hydrazone groups is 1. The molecular formula is C20H28N3O+. The zero-order chi connectivity index (χ0) is 16.5. The highest BCUT2D eigenvalue weighted by atomic mass is 16.1. The maximum absolute atomic E-state index is 11.6. The van der Waals surface area contributed by atoms with Crippen molar-refractivity contribution in [1.29, 1.82) is 0 Å². The number of carbonyl (C=O) groups is 1. The molecule has 2 bridgehead atoms. The largest absolute Gasteiger partial charge is 0.353 e. The maximum Gasteiger partial charge on any atom is 0.217 e. The first-order chi connectivity index (χ1) is 11.7. The third-order valence-electron chi connectivity index (χ3n) is 6.03. The second-order valence-corrected chi connectivity index (χ2v) is 7.64. The second kappa shape index (κ2) is 6.58. The normalized spacial score (nSPS) is 35.4. The van der Waals surface area contributed by atoms with E-state index < -0.39 is 0 Å². The summed E-state index contributed by atoms with van der Waals surface area (Å²) in [5, 5.41) is 3.20.